The predicted molar refractivity (Wildman–Crippen MR) is 94.0 cm³/mol. The molecule has 122 valence electrons. The van der Waals surface area contributed by atoms with Crippen LogP contribution in [0.15, 0.2) is 24.3 Å². The van der Waals surface area contributed by atoms with Crippen LogP contribution in [0, 0.1) is 20.8 Å². The van der Waals surface area contributed by atoms with Gasteiger partial charge < -0.3 is 10.6 Å². The second-order valence-electron chi connectivity index (χ2n) is 5.92. The fourth-order valence-electron chi connectivity index (χ4n) is 2.09. The van der Waals surface area contributed by atoms with Gasteiger partial charge in [0.25, 0.3) is 5.91 Å². The number of rotatable bonds is 5. The summed E-state index contributed by atoms with van der Waals surface area (Å²) >= 11 is 0. The molecule has 0 spiro atoms. The van der Waals surface area contributed by atoms with Crippen LogP contribution in [0.4, 0.5) is 11.6 Å². The Morgan fingerprint density at radius 1 is 1.13 bits per heavy atom. The lowest BCUT2D eigenvalue weighted by Crippen LogP contribution is -2.19. The quantitative estimate of drug-likeness (QED) is 0.879. The lowest BCUT2D eigenvalue weighted by molar-refractivity contribution is 0.102. The molecule has 0 fully saturated rings. The zero-order chi connectivity index (χ0) is 17.0. The lowest BCUT2D eigenvalue weighted by atomic mass is 10.1. The Kier molecular flexibility index (Phi) is 5.32. The van der Waals surface area contributed by atoms with E-state index in [1.165, 1.54) is 5.56 Å². The van der Waals surface area contributed by atoms with Gasteiger partial charge in [0.05, 0.1) is 0 Å². The van der Waals surface area contributed by atoms with E-state index >= 15 is 0 Å². The Bertz CT molecular complexity index is 712. The Labute approximate surface area is 137 Å². The third kappa shape index (κ3) is 4.52. The number of aromatic nitrogens is 2. The topological polar surface area (TPSA) is 66.9 Å². The third-order valence-electron chi connectivity index (χ3n) is 3.84. The molecule has 1 aromatic heterocycles. The summed E-state index contributed by atoms with van der Waals surface area (Å²) in [5, 5.41) is 6.10. The van der Waals surface area contributed by atoms with Crippen molar-refractivity contribution in [3.05, 3.63) is 46.8 Å². The number of anilines is 2. The Hall–Kier alpha value is -2.43. The number of carbonyl (C=O) groups is 1. The van der Waals surface area contributed by atoms with Gasteiger partial charge in [0.1, 0.15) is 5.69 Å². The minimum absolute atomic E-state index is 0.231. The van der Waals surface area contributed by atoms with Gasteiger partial charge in [-0.1, -0.05) is 13.0 Å². The zero-order valence-electron chi connectivity index (χ0n) is 14.4. The van der Waals surface area contributed by atoms with Crippen molar-refractivity contribution >= 4 is 17.5 Å². The van der Waals surface area contributed by atoms with E-state index in [9.17, 15) is 4.79 Å². The molecule has 1 amide bonds. The normalized spacial score (nSPS) is 11.9. The standard InChI is InChI=1S/C18H24N4O/c1-6-13(4)19-18-20-14(5)10-16(22-18)17(23)21-15-8-7-11(2)12(3)9-15/h7-10,13H,6H2,1-5H3,(H,21,23)(H,19,20,22). The molecule has 5 heteroatoms. The highest BCUT2D eigenvalue weighted by molar-refractivity contribution is 6.03. The van der Waals surface area contributed by atoms with E-state index in [0.29, 0.717) is 11.6 Å². The van der Waals surface area contributed by atoms with E-state index in [2.05, 4.69) is 34.4 Å². The van der Waals surface area contributed by atoms with Crippen molar-refractivity contribution < 1.29 is 4.79 Å². The average Bonchev–Trinajstić information content (AvgIpc) is 2.50. The summed E-state index contributed by atoms with van der Waals surface area (Å²) in [7, 11) is 0. The Morgan fingerprint density at radius 3 is 2.52 bits per heavy atom. The minimum atomic E-state index is -0.231. The summed E-state index contributed by atoms with van der Waals surface area (Å²) in [6.45, 7) is 10.1. The van der Waals surface area contributed by atoms with Gasteiger partial charge in [-0.2, -0.15) is 0 Å². The average molecular weight is 312 g/mol. The minimum Gasteiger partial charge on any atom is -0.352 e. The second kappa shape index (κ2) is 7.22. The summed E-state index contributed by atoms with van der Waals surface area (Å²) in [5.41, 5.74) is 4.23. The molecule has 0 aliphatic rings. The van der Waals surface area contributed by atoms with Crippen molar-refractivity contribution in [1.82, 2.24) is 9.97 Å². The van der Waals surface area contributed by atoms with Crippen LogP contribution in [0.5, 0.6) is 0 Å². The highest BCUT2D eigenvalue weighted by Crippen LogP contribution is 2.15. The van der Waals surface area contributed by atoms with Gasteiger partial charge in [0.15, 0.2) is 0 Å². The van der Waals surface area contributed by atoms with Gasteiger partial charge in [0, 0.05) is 17.4 Å². The molecule has 0 bridgehead atoms. The number of nitrogens with zero attached hydrogens (tertiary/aromatic N) is 2. The monoisotopic (exact) mass is 312 g/mol. The van der Waals surface area contributed by atoms with Gasteiger partial charge in [-0.15, -0.1) is 0 Å². The van der Waals surface area contributed by atoms with Crippen LogP contribution in [-0.2, 0) is 0 Å². The molecule has 0 saturated carbocycles. The Morgan fingerprint density at radius 2 is 1.87 bits per heavy atom. The number of aryl methyl sites for hydroxylation is 3. The summed E-state index contributed by atoms with van der Waals surface area (Å²) in [6, 6.07) is 7.80. The molecule has 1 unspecified atom stereocenters. The van der Waals surface area contributed by atoms with Crippen LogP contribution in [0.3, 0.4) is 0 Å². The van der Waals surface area contributed by atoms with Crippen molar-refractivity contribution in [2.75, 3.05) is 10.6 Å². The lowest BCUT2D eigenvalue weighted by Gasteiger charge is -2.13. The fraction of sp³-hybridized carbons (Fsp3) is 0.389. The van der Waals surface area contributed by atoms with E-state index in [-0.39, 0.29) is 11.9 Å². The number of hydrogen-bond acceptors (Lipinski definition) is 4. The number of hydrogen-bond donors (Lipinski definition) is 2. The predicted octanol–water partition coefficient (Wildman–Crippen LogP) is 3.86. The summed E-state index contributed by atoms with van der Waals surface area (Å²) in [6.07, 6.45) is 0.960. The molecule has 0 aliphatic carbocycles. The van der Waals surface area contributed by atoms with Gasteiger partial charge >= 0.3 is 0 Å². The van der Waals surface area contributed by atoms with Crippen LogP contribution in [0.25, 0.3) is 0 Å². The summed E-state index contributed by atoms with van der Waals surface area (Å²) in [5.74, 6) is 0.260. The maximum absolute atomic E-state index is 12.4. The molecule has 23 heavy (non-hydrogen) atoms. The molecule has 5 nitrogen and oxygen atoms in total. The molecule has 2 N–H and O–H groups in total. The van der Waals surface area contributed by atoms with E-state index in [1.807, 2.05) is 39.0 Å². The Balaban J connectivity index is 2.19. The van der Waals surface area contributed by atoms with E-state index in [4.69, 9.17) is 0 Å². The largest absolute Gasteiger partial charge is 0.352 e. The number of amides is 1. The highest BCUT2D eigenvalue weighted by Gasteiger charge is 2.12. The van der Waals surface area contributed by atoms with Crippen molar-refractivity contribution in [2.24, 2.45) is 0 Å². The van der Waals surface area contributed by atoms with Crippen LogP contribution in [0.1, 0.15) is 47.6 Å². The summed E-state index contributed by atoms with van der Waals surface area (Å²) in [4.78, 5) is 21.1. The fourth-order valence-corrected chi connectivity index (χ4v) is 2.09. The summed E-state index contributed by atoms with van der Waals surface area (Å²) < 4.78 is 0. The first kappa shape index (κ1) is 16.9. The molecular weight excluding hydrogens is 288 g/mol. The van der Waals surface area contributed by atoms with Gasteiger partial charge in [-0.3, -0.25) is 4.79 Å². The second-order valence-corrected chi connectivity index (χ2v) is 5.92. The molecule has 1 atom stereocenters. The van der Waals surface area contributed by atoms with Gasteiger partial charge in [-0.25, -0.2) is 9.97 Å². The first-order valence-electron chi connectivity index (χ1n) is 7.90. The van der Waals surface area contributed by atoms with Crippen LogP contribution < -0.4 is 10.6 Å². The van der Waals surface area contributed by atoms with E-state index in [1.54, 1.807) is 6.07 Å². The van der Waals surface area contributed by atoms with Gasteiger partial charge in [-0.05, 0) is 63.4 Å². The molecule has 2 rings (SSSR count). The smallest absolute Gasteiger partial charge is 0.274 e. The van der Waals surface area contributed by atoms with Crippen molar-refractivity contribution in [3.63, 3.8) is 0 Å². The number of nitrogens with one attached hydrogen (secondary N) is 2. The van der Waals surface area contributed by atoms with Crippen LogP contribution in [-0.4, -0.2) is 21.9 Å². The third-order valence-corrected chi connectivity index (χ3v) is 3.84. The van der Waals surface area contributed by atoms with Crippen LogP contribution >= 0.6 is 0 Å². The number of carbonyl (C=O) groups excluding carboxylic acids is 1. The first-order chi connectivity index (χ1) is 10.9. The van der Waals surface area contributed by atoms with E-state index in [0.717, 1.165) is 23.4 Å². The van der Waals surface area contributed by atoms with Crippen molar-refractivity contribution in [1.29, 1.82) is 0 Å². The van der Waals surface area contributed by atoms with Gasteiger partial charge in [0.2, 0.25) is 5.95 Å². The van der Waals surface area contributed by atoms with Crippen molar-refractivity contribution in [2.45, 2.75) is 47.1 Å². The molecule has 0 aliphatic heterocycles. The van der Waals surface area contributed by atoms with Crippen molar-refractivity contribution in [3.8, 4) is 0 Å². The molecular formula is C18H24N4O. The van der Waals surface area contributed by atoms with E-state index < -0.39 is 0 Å². The van der Waals surface area contributed by atoms with Crippen LogP contribution in [0.2, 0.25) is 0 Å². The molecule has 0 saturated heterocycles. The number of benzene rings is 1. The molecule has 1 aromatic carbocycles. The maximum Gasteiger partial charge on any atom is 0.274 e. The maximum atomic E-state index is 12.4. The zero-order valence-corrected chi connectivity index (χ0v) is 14.4. The molecule has 1 heterocycles. The SMILES string of the molecule is CCC(C)Nc1nc(C)cc(C(=O)Nc2ccc(C)c(C)c2)n1. The first-order valence-corrected chi connectivity index (χ1v) is 7.90. The highest BCUT2D eigenvalue weighted by atomic mass is 16.1. The molecule has 2 aromatic rings. The molecule has 0 radical (unpaired) electrons.